The van der Waals surface area contributed by atoms with Gasteiger partial charge in [0, 0.05) is 23.7 Å². The van der Waals surface area contributed by atoms with Gasteiger partial charge in [0.15, 0.2) is 0 Å². The molecule has 0 radical (unpaired) electrons. The van der Waals surface area contributed by atoms with Crippen molar-refractivity contribution in [3.8, 4) is 11.8 Å². The molecule has 1 aliphatic heterocycles. The predicted molar refractivity (Wildman–Crippen MR) is 75.5 cm³/mol. The van der Waals surface area contributed by atoms with E-state index < -0.39 is 0 Å². The van der Waals surface area contributed by atoms with E-state index in [2.05, 4.69) is 40.6 Å². The van der Waals surface area contributed by atoms with E-state index in [0.717, 1.165) is 11.4 Å². The van der Waals surface area contributed by atoms with Gasteiger partial charge in [0.2, 0.25) is 0 Å². The fraction of sp³-hybridized carbons (Fsp3) is 0.538. The highest BCUT2D eigenvalue weighted by Gasteiger charge is 2.10. The van der Waals surface area contributed by atoms with Gasteiger partial charge in [-0.25, -0.2) is 0 Å². The Kier molecular flexibility index (Phi) is 5.40. The fourth-order valence-electron chi connectivity index (χ4n) is 1.83. The average Bonchev–Trinajstić information content (AvgIpc) is 2.61. The Balaban J connectivity index is 1.91. The molecule has 0 aromatic carbocycles. The number of thiophene rings is 1. The number of nitrogens with zero attached hydrogens (tertiary/aromatic N) is 1. The summed E-state index contributed by atoms with van der Waals surface area (Å²) in [5.41, 5.74) is 0. The first-order valence-electron chi connectivity index (χ1n) is 5.87. The maximum Gasteiger partial charge on any atom is 0.104 e. The van der Waals surface area contributed by atoms with Crippen LogP contribution >= 0.6 is 23.1 Å². The number of aliphatic hydroxyl groups is 1. The van der Waals surface area contributed by atoms with Crippen LogP contribution in [-0.4, -0.2) is 41.2 Å². The van der Waals surface area contributed by atoms with Crippen LogP contribution in [0.25, 0.3) is 0 Å². The van der Waals surface area contributed by atoms with Crippen LogP contribution in [0.3, 0.4) is 0 Å². The molecule has 0 saturated carbocycles. The molecule has 2 rings (SSSR count). The molecule has 4 heteroatoms. The van der Waals surface area contributed by atoms with Gasteiger partial charge in [-0.15, -0.1) is 11.3 Å². The summed E-state index contributed by atoms with van der Waals surface area (Å²) in [5.74, 6) is 8.20. The smallest absolute Gasteiger partial charge is 0.104 e. The third kappa shape index (κ3) is 4.36. The number of aliphatic hydroxyl groups excluding tert-OH is 1. The summed E-state index contributed by atoms with van der Waals surface area (Å²) in [6, 6.07) is 4.21. The van der Waals surface area contributed by atoms with Gasteiger partial charge in [-0.1, -0.05) is 11.8 Å². The lowest BCUT2D eigenvalue weighted by molar-refractivity contribution is 0.290. The fourth-order valence-corrected chi connectivity index (χ4v) is 3.68. The molecule has 0 spiro atoms. The molecule has 1 saturated heterocycles. The van der Waals surface area contributed by atoms with Gasteiger partial charge < -0.3 is 5.11 Å². The van der Waals surface area contributed by atoms with Crippen LogP contribution in [0, 0.1) is 11.8 Å². The highest BCUT2D eigenvalue weighted by molar-refractivity contribution is 7.99. The van der Waals surface area contributed by atoms with Crippen molar-refractivity contribution in [2.75, 3.05) is 31.2 Å². The molecule has 0 unspecified atom stereocenters. The Hall–Kier alpha value is -0.470. The molecule has 0 amide bonds. The van der Waals surface area contributed by atoms with Crippen LogP contribution < -0.4 is 0 Å². The van der Waals surface area contributed by atoms with Gasteiger partial charge in [-0.2, -0.15) is 11.8 Å². The summed E-state index contributed by atoms with van der Waals surface area (Å²) in [5, 5.41) is 8.65. The molecule has 1 aromatic rings. The first-order valence-corrected chi connectivity index (χ1v) is 7.84. The van der Waals surface area contributed by atoms with Gasteiger partial charge >= 0.3 is 0 Å². The van der Waals surface area contributed by atoms with Crippen molar-refractivity contribution >= 4 is 23.1 Å². The third-order valence-corrected chi connectivity index (χ3v) is 4.68. The minimum absolute atomic E-state index is 0.0589. The van der Waals surface area contributed by atoms with Gasteiger partial charge in [0.1, 0.15) is 6.61 Å². The van der Waals surface area contributed by atoms with Crippen molar-refractivity contribution in [2.45, 2.75) is 13.0 Å². The van der Waals surface area contributed by atoms with Crippen LogP contribution in [0.1, 0.15) is 16.2 Å². The zero-order valence-corrected chi connectivity index (χ0v) is 11.4. The molecule has 1 aliphatic rings. The van der Waals surface area contributed by atoms with Crippen LogP contribution in [0.5, 0.6) is 0 Å². The summed E-state index contributed by atoms with van der Waals surface area (Å²) in [6.45, 7) is 3.39. The van der Waals surface area contributed by atoms with Crippen molar-refractivity contribution < 1.29 is 5.11 Å². The van der Waals surface area contributed by atoms with Crippen LogP contribution in [0.15, 0.2) is 12.1 Å². The lowest BCUT2D eigenvalue weighted by atomic mass is 10.3. The standard InChI is InChI=1S/C13H17NOS2/c15-8-1-3-12-4-5-13(17-12)11-14-6-2-9-16-10-7-14/h4-5,15H,2,6-11H2. The highest BCUT2D eigenvalue weighted by Crippen LogP contribution is 2.19. The Morgan fingerprint density at radius 1 is 1.29 bits per heavy atom. The van der Waals surface area contributed by atoms with Crippen molar-refractivity contribution in [2.24, 2.45) is 0 Å². The number of thioether (sulfide) groups is 1. The minimum Gasteiger partial charge on any atom is -0.384 e. The summed E-state index contributed by atoms with van der Waals surface area (Å²) in [6.07, 6.45) is 1.30. The van der Waals surface area contributed by atoms with E-state index in [9.17, 15) is 0 Å². The van der Waals surface area contributed by atoms with E-state index in [1.807, 2.05) is 0 Å². The zero-order valence-electron chi connectivity index (χ0n) is 9.82. The van der Waals surface area contributed by atoms with E-state index in [4.69, 9.17) is 5.11 Å². The summed E-state index contributed by atoms with van der Waals surface area (Å²) in [4.78, 5) is 4.95. The average molecular weight is 267 g/mol. The molecule has 92 valence electrons. The van der Waals surface area contributed by atoms with Crippen LogP contribution in [0.4, 0.5) is 0 Å². The molecule has 1 aromatic heterocycles. The first-order chi connectivity index (χ1) is 8.38. The normalized spacial score (nSPS) is 17.2. The molecular weight excluding hydrogens is 250 g/mol. The second kappa shape index (κ2) is 7.07. The first kappa shape index (κ1) is 13.0. The van der Waals surface area contributed by atoms with E-state index in [-0.39, 0.29) is 6.61 Å². The Morgan fingerprint density at radius 2 is 2.24 bits per heavy atom. The monoisotopic (exact) mass is 267 g/mol. The van der Waals surface area contributed by atoms with Crippen molar-refractivity contribution in [3.05, 3.63) is 21.9 Å². The Bertz CT molecular complexity index is 397. The number of rotatable bonds is 2. The molecule has 0 atom stereocenters. The molecule has 1 N–H and O–H groups in total. The van der Waals surface area contributed by atoms with Gasteiger partial charge in [0.25, 0.3) is 0 Å². The summed E-state index contributed by atoms with van der Waals surface area (Å²) < 4.78 is 0. The van der Waals surface area contributed by atoms with Gasteiger partial charge in [-0.05, 0) is 30.9 Å². The Morgan fingerprint density at radius 3 is 3.12 bits per heavy atom. The SMILES string of the molecule is OCC#Cc1ccc(CN2CCCSCC2)s1. The molecule has 0 bridgehead atoms. The van der Waals surface area contributed by atoms with E-state index in [1.165, 1.54) is 35.9 Å². The maximum atomic E-state index is 8.65. The molecule has 2 heterocycles. The van der Waals surface area contributed by atoms with Crippen molar-refractivity contribution in [1.82, 2.24) is 4.90 Å². The predicted octanol–water partition coefficient (Wildman–Crippen LogP) is 2.03. The van der Waals surface area contributed by atoms with Gasteiger partial charge in [-0.3, -0.25) is 4.90 Å². The molecule has 2 nitrogen and oxygen atoms in total. The van der Waals surface area contributed by atoms with Gasteiger partial charge in [0.05, 0.1) is 4.88 Å². The lowest BCUT2D eigenvalue weighted by Crippen LogP contribution is -2.24. The van der Waals surface area contributed by atoms with E-state index in [0.29, 0.717) is 0 Å². The van der Waals surface area contributed by atoms with Crippen LogP contribution in [-0.2, 0) is 6.54 Å². The molecule has 0 aliphatic carbocycles. The van der Waals surface area contributed by atoms with Crippen LogP contribution in [0.2, 0.25) is 0 Å². The van der Waals surface area contributed by atoms with Crippen molar-refractivity contribution in [1.29, 1.82) is 0 Å². The second-order valence-corrected chi connectivity index (χ2v) is 6.36. The van der Waals surface area contributed by atoms with E-state index >= 15 is 0 Å². The largest absolute Gasteiger partial charge is 0.384 e. The number of hydrogen-bond donors (Lipinski definition) is 1. The molecular formula is C13H17NOS2. The summed E-state index contributed by atoms with van der Waals surface area (Å²) in [7, 11) is 0. The molecule has 1 fully saturated rings. The maximum absolute atomic E-state index is 8.65. The quantitative estimate of drug-likeness (QED) is 0.830. The molecule has 17 heavy (non-hydrogen) atoms. The van der Waals surface area contributed by atoms with Crippen molar-refractivity contribution in [3.63, 3.8) is 0 Å². The second-order valence-electron chi connectivity index (χ2n) is 3.97. The Labute approximate surface area is 111 Å². The lowest BCUT2D eigenvalue weighted by Gasteiger charge is -2.17. The number of hydrogen-bond acceptors (Lipinski definition) is 4. The summed E-state index contributed by atoms with van der Waals surface area (Å²) >= 11 is 3.80. The topological polar surface area (TPSA) is 23.5 Å². The van der Waals surface area contributed by atoms with E-state index in [1.54, 1.807) is 11.3 Å². The third-order valence-electron chi connectivity index (χ3n) is 2.65. The highest BCUT2D eigenvalue weighted by atomic mass is 32.2. The zero-order chi connectivity index (χ0) is 11.9. The minimum atomic E-state index is -0.0589.